The van der Waals surface area contributed by atoms with Crippen molar-refractivity contribution >= 4 is 17.7 Å². The van der Waals surface area contributed by atoms with Crippen molar-refractivity contribution in [2.45, 2.75) is 26.1 Å². The summed E-state index contributed by atoms with van der Waals surface area (Å²) in [5.74, 6) is 2.10. The van der Waals surface area contributed by atoms with Crippen LogP contribution in [0.15, 0.2) is 53.1 Å². The molecule has 3 rings (SSSR count). The summed E-state index contributed by atoms with van der Waals surface area (Å²) in [7, 11) is 0. The lowest BCUT2D eigenvalue weighted by Gasteiger charge is -2.04. The molecule has 1 aromatic heterocycles. The Hall–Kier alpha value is -2.60. The van der Waals surface area contributed by atoms with Crippen molar-refractivity contribution < 1.29 is 9.32 Å². The highest BCUT2D eigenvalue weighted by Crippen LogP contribution is 2.17. The quantitative estimate of drug-likeness (QED) is 0.686. The molecule has 0 radical (unpaired) electrons. The number of hydrogen-bond donors (Lipinski definition) is 1. The minimum Gasteiger partial charge on any atom is -0.346 e. The van der Waals surface area contributed by atoms with Crippen LogP contribution in [0.3, 0.4) is 0 Å². The number of nitrogens with zero attached hydrogens (tertiary/aromatic N) is 2. The Kier molecular flexibility index (Phi) is 6.07. The highest BCUT2D eigenvalue weighted by Gasteiger charge is 2.10. The molecule has 0 aliphatic carbocycles. The molecule has 1 amide bonds. The van der Waals surface area contributed by atoms with Gasteiger partial charge in [-0.2, -0.15) is 4.98 Å². The van der Waals surface area contributed by atoms with Gasteiger partial charge >= 0.3 is 0 Å². The van der Waals surface area contributed by atoms with E-state index < -0.39 is 0 Å². The first kappa shape index (κ1) is 18.2. The monoisotopic (exact) mass is 367 g/mol. The fourth-order valence-corrected chi connectivity index (χ4v) is 3.32. The van der Waals surface area contributed by atoms with Gasteiger partial charge < -0.3 is 9.84 Å². The van der Waals surface area contributed by atoms with Gasteiger partial charge in [-0.1, -0.05) is 58.7 Å². The van der Waals surface area contributed by atoms with Crippen molar-refractivity contribution in [3.8, 4) is 11.4 Å². The molecule has 0 atom stereocenters. The van der Waals surface area contributed by atoms with E-state index in [1.165, 1.54) is 11.1 Å². The van der Waals surface area contributed by atoms with Crippen LogP contribution in [0.4, 0.5) is 0 Å². The Morgan fingerprint density at radius 1 is 1.12 bits per heavy atom. The fraction of sp³-hybridized carbons (Fsp3) is 0.250. The predicted octanol–water partition coefficient (Wildman–Crippen LogP) is 3.90. The first-order valence-corrected chi connectivity index (χ1v) is 9.55. The highest BCUT2D eigenvalue weighted by atomic mass is 32.2. The molecule has 0 saturated carbocycles. The lowest BCUT2D eigenvalue weighted by Crippen LogP contribution is -2.24. The molecular formula is C20H21N3O2S. The van der Waals surface area contributed by atoms with Crippen LogP contribution in [0.5, 0.6) is 0 Å². The Balaban J connectivity index is 1.45. The average Bonchev–Trinajstić information content (AvgIpc) is 3.09. The Morgan fingerprint density at radius 2 is 1.88 bits per heavy atom. The van der Waals surface area contributed by atoms with Crippen LogP contribution in [0.25, 0.3) is 11.4 Å². The Labute approximate surface area is 157 Å². The first-order valence-electron chi connectivity index (χ1n) is 8.40. The number of aromatic nitrogens is 2. The zero-order valence-electron chi connectivity index (χ0n) is 14.9. The maximum Gasteiger partial charge on any atom is 0.246 e. The zero-order valence-corrected chi connectivity index (χ0v) is 15.7. The van der Waals surface area contributed by atoms with Gasteiger partial charge in [-0.05, 0) is 25.5 Å². The molecule has 0 saturated heterocycles. The second kappa shape index (κ2) is 8.67. The minimum absolute atomic E-state index is 0.0436. The van der Waals surface area contributed by atoms with Gasteiger partial charge in [0.05, 0.1) is 12.3 Å². The molecule has 0 bridgehead atoms. The summed E-state index contributed by atoms with van der Waals surface area (Å²) < 4.78 is 5.21. The van der Waals surface area contributed by atoms with Gasteiger partial charge in [0.15, 0.2) is 0 Å². The molecule has 1 heterocycles. The summed E-state index contributed by atoms with van der Waals surface area (Å²) in [5, 5.41) is 6.79. The van der Waals surface area contributed by atoms with Crippen molar-refractivity contribution in [1.29, 1.82) is 0 Å². The lowest BCUT2D eigenvalue weighted by atomic mass is 10.1. The summed E-state index contributed by atoms with van der Waals surface area (Å²) >= 11 is 1.58. The second-order valence-electron chi connectivity index (χ2n) is 6.14. The SMILES string of the molecule is Cc1cccc(CSCC(=O)NCc2nc(-c3cccc(C)c3)no2)c1. The van der Waals surface area contributed by atoms with Gasteiger partial charge in [0.2, 0.25) is 17.6 Å². The molecular weight excluding hydrogens is 346 g/mol. The van der Waals surface area contributed by atoms with Crippen LogP contribution >= 0.6 is 11.8 Å². The zero-order chi connectivity index (χ0) is 18.4. The van der Waals surface area contributed by atoms with Gasteiger partial charge in [-0.3, -0.25) is 4.79 Å². The van der Waals surface area contributed by atoms with E-state index in [9.17, 15) is 4.79 Å². The molecule has 0 fully saturated rings. The van der Waals surface area contributed by atoms with Crippen LogP contribution in [0.2, 0.25) is 0 Å². The highest BCUT2D eigenvalue weighted by molar-refractivity contribution is 7.99. The van der Waals surface area contributed by atoms with Crippen molar-refractivity contribution in [3.05, 3.63) is 71.1 Å². The standard InChI is InChI=1S/C20H21N3O2S/c1-14-5-3-7-16(9-14)12-26-13-18(24)21-11-19-22-20(23-25-19)17-8-4-6-15(2)10-17/h3-10H,11-13H2,1-2H3,(H,21,24). The molecule has 1 N–H and O–H groups in total. The van der Waals surface area contributed by atoms with Crippen LogP contribution in [-0.2, 0) is 17.1 Å². The number of amides is 1. The van der Waals surface area contributed by atoms with E-state index in [2.05, 4.69) is 40.6 Å². The number of rotatable bonds is 7. The Bertz CT molecular complexity index is 892. The van der Waals surface area contributed by atoms with Crippen LogP contribution < -0.4 is 5.32 Å². The molecule has 0 spiro atoms. The van der Waals surface area contributed by atoms with E-state index in [0.29, 0.717) is 17.5 Å². The molecule has 3 aromatic rings. The fourth-order valence-electron chi connectivity index (χ4n) is 2.52. The number of carbonyl (C=O) groups is 1. The van der Waals surface area contributed by atoms with E-state index in [1.807, 2.05) is 37.3 Å². The molecule has 6 heteroatoms. The van der Waals surface area contributed by atoms with E-state index in [-0.39, 0.29) is 12.5 Å². The number of thioether (sulfide) groups is 1. The summed E-state index contributed by atoms with van der Waals surface area (Å²) in [6.45, 7) is 4.32. The third kappa shape index (κ3) is 5.20. The summed E-state index contributed by atoms with van der Waals surface area (Å²) in [6.07, 6.45) is 0. The number of aryl methyl sites for hydroxylation is 2. The molecule has 0 aliphatic rings. The van der Waals surface area contributed by atoms with Crippen LogP contribution in [0.1, 0.15) is 22.6 Å². The van der Waals surface area contributed by atoms with Crippen molar-refractivity contribution in [1.82, 2.24) is 15.5 Å². The smallest absolute Gasteiger partial charge is 0.246 e. The van der Waals surface area contributed by atoms with E-state index in [4.69, 9.17) is 4.52 Å². The van der Waals surface area contributed by atoms with E-state index in [0.717, 1.165) is 16.9 Å². The number of benzene rings is 2. The van der Waals surface area contributed by atoms with Gasteiger partial charge in [0.25, 0.3) is 0 Å². The normalized spacial score (nSPS) is 10.7. The van der Waals surface area contributed by atoms with E-state index >= 15 is 0 Å². The Morgan fingerprint density at radius 3 is 2.65 bits per heavy atom. The topological polar surface area (TPSA) is 68.0 Å². The van der Waals surface area contributed by atoms with Gasteiger partial charge in [0, 0.05) is 11.3 Å². The molecule has 2 aromatic carbocycles. The summed E-state index contributed by atoms with van der Waals surface area (Å²) in [5.41, 5.74) is 4.49. The largest absolute Gasteiger partial charge is 0.346 e. The third-order valence-electron chi connectivity index (χ3n) is 3.77. The van der Waals surface area contributed by atoms with Crippen molar-refractivity contribution in [3.63, 3.8) is 0 Å². The molecule has 134 valence electrons. The maximum atomic E-state index is 12.0. The van der Waals surface area contributed by atoms with Crippen LogP contribution in [0, 0.1) is 13.8 Å². The van der Waals surface area contributed by atoms with Crippen LogP contribution in [-0.4, -0.2) is 21.8 Å². The number of nitrogens with one attached hydrogen (secondary N) is 1. The average molecular weight is 367 g/mol. The van der Waals surface area contributed by atoms with Crippen molar-refractivity contribution in [2.24, 2.45) is 0 Å². The lowest BCUT2D eigenvalue weighted by molar-refractivity contribution is -0.118. The summed E-state index contributed by atoms with van der Waals surface area (Å²) in [4.78, 5) is 16.3. The molecule has 5 nitrogen and oxygen atoms in total. The van der Waals surface area contributed by atoms with Gasteiger partial charge in [-0.25, -0.2) is 0 Å². The third-order valence-corrected chi connectivity index (χ3v) is 4.77. The van der Waals surface area contributed by atoms with Crippen molar-refractivity contribution in [2.75, 3.05) is 5.75 Å². The number of hydrogen-bond acceptors (Lipinski definition) is 5. The molecule has 0 aliphatic heterocycles. The van der Waals surface area contributed by atoms with Gasteiger partial charge in [0.1, 0.15) is 0 Å². The second-order valence-corrected chi connectivity index (χ2v) is 7.13. The molecule has 0 unspecified atom stereocenters. The maximum absolute atomic E-state index is 12.0. The first-order chi connectivity index (χ1) is 12.6. The molecule has 26 heavy (non-hydrogen) atoms. The minimum atomic E-state index is -0.0436. The number of carbonyl (C=O) groups excluding carboxylic acids is 1. The van der Waals surface area contributed by atoms with E-state index in [1.54, 1.807) is 11.8 Å². The van der Waals surface area contributed by atoms with Gasteiger partial charge in [-0.15, -0.1) is 11.8 Å². The predicted molar refractivity (Wildman–Crippen MR) is 104 cm³/mol. The summed E-state index contributed by atoms with van der Waals surface area (Å²) in [6, 6.07) is 16.2.